The Kier molecular flexibility index (Phi) is 3.24. The number of nitrogens with zero attached hydrogens (tertiary/aromatic N) is 1. The third-order valence-corrected chi connectivity index (χ3v) is 3.65. The summed E-state index contributed by atoms with van der Waals surface area (Å²) in [5.74, 6) is 1.21. The summed E-state index contributed by atoms with van der Waals surface area (Å²) in [6.07, 6.45) is 1.42. The van der Waals surface area contributed by atoms with Crippen molar-refractivity contribution in [2.75, 3.05) is 13.1 Å². The molecule has 0 bridgehead atoms. The molecule has 1 saturated heterocycles. The first-order valence-electron chi connectivity index (χ1n) is 6.01. The first kappa shape index (κ1) is 12.2. The van der Waals surface area contributed by atoms with Gasteiger partial charge in [0.2, 0.25) is 0 Å². The largest absolute Gasteiger partial charge is 0.481 e. The fraction of sp³-hybridized carbons (Fsp3) is 0.615. The molecule has 0 aromatic carbocycles. The van der Waals surface area contributed by atoms with E-state index in [0.717, 1.165) is 31.2 Å². The van der Waals surface area contributed by atoms with Crippen LogP contribution in [-0.4, -0.2) is 29.1 Å². The molecule has 0 unspecified atom stereocenters. The van der Waals surface area contributed by atoms with Crippen molar-refractivity contribution < 1.29 is 14.3 Å². The highest BCUT2D eigenvalue weighted by atomic mass is 16.4. The number of piperidine rings is 1. The molecule has 4 nitrogen and oxygen atoms in total. The highest BCUT2D eigenvalue weighted by Crippen LogP contribution is 2.31. The second kappa shape index (κ2) is 4.53. The minimum absolute atomic E-state index is 0.546. The number of carbonyl (C=O) groups is 1. The van der Waals surface area contributed by atoms with Gasteiger partial charge in [0.05, 0.1) is 12.0 Å². The van der Waals surface area contributed by atoms with Crippen LogP contribution in [0.4, 0.5) is 0 Å². The predicted octanol–water partition coefficient (Wildman–Crippen LogP) is 2.27. The smallest absolute Gasteiger partial charge is 0.309 e. The maximum atomic E-state index is 11.1. The Balaban J connectivity index is 1.89. The van der Waals surface area contributed by atoms with E-state index >= 15 is 0 Å². The average Bonchev–Trinajstić information content (AvgIpc) is 2.67. The fourth-order valence-corrected chi connectivity index (χ4v) is 2.21. The number of aryl methyl sites for hydroxylation is 1. The molecule has 1 N–H and O–H groups in total. The first-order chi connectivity index (χ1) is 7.99. The third-order valence-electron chi connectivity index (χ3n) is 3.65. The highest BCUT2D eigenvalue weighted by molar-refractivity contribution is 5.74. The Labute approximate surface area is 101 Å². The van der Waals surface area contributed by atoms with E-state index in [9.17, 15) is 4.79 Å². The molecular formula is C13H19NO3. The highest BCUT2D eigenvalue weighted by Gasteiger charge is 2.36. The first-order valence-corrected chi connectivity index (χ1v) is 6.01. The summed E-state index contributed by atoms with van der Waals surface area (Å²) < 4.78 is 5.53. The van der Waals surface area contributed by atoms with Crippen molar-refractivity contribution >= 4 is 5.97 Å². The van der Waals surface area contributed by atoms with Crippen LogP contribution in [0, 0.1) is 12.3 Å². The summed E-state index contributed by atoms with van der Waals surface area (Å²) in [6.45, 7) is 6.19. The molecule has 0 aliphatic carbocycles. The number of hydrogen-bond acceptors (Lipinski definition) is 3. The zero-order valence-electron chi connectivity index (χ0n) is 10.4. The van der Waals surface area contributed by atoms with Crippen LogP contribution in [0.1, 0.15) is 31.3 Å². The quantitative estimate of drug-likeness (QED) is 0.876. The Bertz CT molecular complexity index is 403. The maximum Gasteiger partial charge on any atom is 0.309 e. The van der Waals surface area contributed by atoms with Crippen LogP contribution >= 0.6 is 0 Å². The average molecular weight is 237 g/mol. The number of carboxylic acid groups (broad SMARTS) is 1. The van der Waals surface area contributed by atoms with Crippen molar-refractivity contribution in [2.45, 2.75) is 33.2 Å². The standard InChI is InChI=1S/C13H19NO3/c1-10-3-4-11(17-10)9-14-7-5-13(2,6-8-14)12(15)16/h3-4H,5-9H2,1-2H3,(H,15,16). The van der Waals surface area contributed by atoms with Gasteiger partial charge in [-0.25, -0.2) is 0 Å². The zero-order chi connectivity index (χ0) is 12.5. The molecule has 1 aliphatic heterocycles. The van der Waals surface area contributed by atoms with Gasteiger partial charge in [-0.15, -0.1) is 0 Å². The van der Waals surface area contributed by atoms with E-state index in [-0.39, 0.29) is 0 Å². The number of rotatable bonds is 3. The van der Waals surface area contributed by atoms with Gasteiger partial charge < -0.3 is 9.52 Å². The fourth-order valence-electron chi connectivity index (χ4n) is 2.21. The summed E-state index contributed by atoms with van der Waals surface area (Å²) in [5.41, 5.74) is -0.546. The van der Waals surface area contributed by atoms with E-state index in [4.69, 9.17) is 9.52 Å². The third kappa shape index (κ3) is 2.69. The van der Waals surface area contributed by atoms with Crippen LogP contribution in [0.15, 0.2) is 16.5 Å². The Hall–Kier alpha value is -1.29. The monoisotopic (exact) mass is 237 g/mol. The van der Waals surface area contributed by atoms with Crippen molar-refractivity contribution in [2.24, 2.45) is 5.41 Å². The van der Waals surface area contributed by atoms with Gasteiger partial charge in [0.1, 0.15) is 11.5 Å². The molecule has 1 aromatic rings. The topological polar surface area (TPSA) is 53.7 Å². The van der Waals surface area contributed by atoms with E-state index in [2.05, 4.69) is 4.90 Å². The summed E-state index contributed by atoms with van der Waals surface area (Å²) in [5, 5.41) is 9.14. The molecular weight excluding hydrogens is 218 g/mol. The van der Waals surface area contributed by atoms with Crippen LogP contribution < -0.4 is 0 Å². The zero-order valence-corrected chi connectivity index (χ0v) is 10.4. The van der Waals surface area contributed by atoms with Crippen molar-refractivity contribution in [3.63, 3.8) is 0 Å². The molecule has 0 spiro atoms. The molecule has 17 heavy (non-hydrogen) atoms. The van der Waals surface area contributed by atoms with Gasteiger partial charge >= 0.3 is 5.97 Å². The van der Waals surface area contributed by atoms with Crippen LogP contribution in [0.3, 0.4) is 0 Å². The Morgan fingerprint density at radius 1 is 1.47 bits per heavy atom. The number of aliphatic carboxylic acids is 1. The minimum atomic E-state index is -0.675. The summed E-state index contributed by atoms with van der Waals surface area (Å²) in [4.78, 5) is 13.4. The molecule has 4 heteroatoms. The van der Waals surface area contributed by atoms with E-state index in [1.165, 1.54) is 0 Å². The van der Waals surface area contributed by atoms with Gasteiger partial charge in [0, 0.05) is 0 Å². The van der Waals surface area contributed by atoms with E-state index in [1.807, 2.05) is 26.0 Å². The number of likely N-dealkylation sites (tertiary alicyclic amines) is 1. The normalized spacial score (nSPS) is 20.4. The lowest BCUT2D eigenvalue weighted by molar-refractivity contribution is -0.150. The SMILES string of the molecule is Cc1ccc(CN2CCC(C)(C(=O)O)CC2)o1. The van der Waals surface area contributed by atoms with Crippen molar-refractivity contribution in [1.82, 2.24) is 4.90 Å². The molecule has 94 valence electrons. The molecule has 2 rings (SSSR count). The molecule has 0 saturated carbocycles. The maximum absolute atomic E-state index is 11.1. The van der Waals surface area contributed by atoms with E-state index in [0.29, 0.717) is 12.8 Å². The Morgan fingerprint density at radius 3 is 2.59 bits per heavy atom. The van der Waals surface area contributed by atoms with E-state index < -0.39 is 11.4 Å². The van der Waals surface area contributed by atoms with Gasteiger partial charge in [-0.05, 0) is 51.9 Å². The van der Waals surface area contributed by atoms with Crippen LogP contribution in [0.25, 0.3) is 0 Å². The van der Waals surface area contributed by atoms with Crippen molar-refractivity contribution in [3.05, 3.63) is 23.7 Å². The number of carboxylic acids is 1. The lowest BCUT2D eigenvalue weighted by atomic mass is 9.80. The molecule has 1 fully saturated rings. The molecule has 1 aromatic heterocycles. The lowest BCUT2D eigenvalue weighted by Gasteiger charge is -2.35. The number of furan rings is 1. The van der Waals surface area contributed by atoms with E-state index in [1.54, 1.807) is 0 Å². The molecule has 0 atom stereocenters. The van der Waals surface area contributed by atoms with Gasteiger partial charge in [0.15, 0.2) is 0 Å². The van der Waals surface area contributed by atoms with Crippen molar-refractivity contribution in [1.29, 1.82) is 0 Å². The van der Waals surface area contributed by atoms with Crippen LogP contribution in [0.2, 0.25) is 0 Å². The van der Waals surface area contributed by atoms with Gasteiger partial charge in [-0.2, -0.15) is 0 Å². The van der Waals surface area contributed by atoms with Gasteiger partial charge in [-0.1, -0.05) is 0 Å². The van der Waals surface area contributed by atoms with Crippen LogP contribution in [-0.2, 0) is 11.3 Å². The van der Waals surface area contributed by atoms with Gasteiger partial charge in [-0.3, -0.25) is 9.69 Å². The van der Waals surface area contributed by atoms with Gasteiger partial charge in [0.25, 0.3) is 0 Å². The molecule has 0 amide bonds. The second-order valence-corrected chi connectivity index (χ2v) is 5.15. The van der Waals surface area contributed by atoms with Crippen molar-refractivity contribution in [3.8, 4) is 0 Å². The predicted molar refractivity (Wildman–Crippen MR) is 63.7 cm³/mol. The Morgan fingerprint density at radius 2 is 2.12 bits per heavy atom. The summed E-state index contributed by atoms with van der Waals surface area (Å²) in [6, 6.07) is 3.95. The second-order valence-electron chi connectivity index (χ2n) is 5.15. The lowest BCUT2D eigenvalue weighted by Crippen LogP contribution is -2.42. The number of hydrogen-bond donors (Lipinski definition) is 1. The van der Waals surface area contributed by atoms with Crippen LogP contribution in [0.5, 0.6) is 0 Å². The molecule has 1 aliphatic rings. The summed E-state index contributed by atoms with van der Waals surface area (Å²) >= 11 is 0. The summed E-state index contributed by atoms with van der Waals surface area (Å²) in [7, 11) is 0. The molecule has 2 heterocycles. The molecule has 0 radical (unpaired) electrons. The minimum Gasteiger partial charge on any atom is -0.481 e.